The number of hydrogen-bond acceptors (Lipinski definition) is 4. The van der Waals surface area contributed by atoms with E-state index in [1.54, 1.807) is 24.4 Å². The lowest BCUT2D eigenvalue weighted by Gasteiger charge is -2.14. The first-order chi connectivity index (χ1) is 13.0. The molecular formula is C20H15FN4OS. The molecule has 0 atom stereocenters. The zero-order chi connectivity index (χ0) is 19.0. The molecule has 1 fully saturated rings. The number of hydrogen-bond donors (Lipinski definition) is 2. The van der Waals surface area contributed by atoms with Crippen molar-refractivity contribution >= 4 is 34.6 Å². The van der Waals surface area contributed by atoms with Gasteiger partial charge in [0, 0.05) is 11.1 Å². The van der Waals surface area contributed by atoms with Crippen LogP contribution in [0.3, 0.4) is 0 Å². The van der Waals surface area contributed by atoms with Gasteiger partial charge in [-0.1, -0.05) is 12.1 Å². The smallest absolute Gasteiger partial charge is 0.271 e. The molecule has 2 heterocycles. The molecule has 5 nitrogen and oxygen atoms in total. The van der Waals surface area contributed by atoms with Gasteiger partial charge >= 0.3 is 0 Å². The number of H-pyrrole nitrogens is 1. The molecule has 1 aliphatic rings. The van der Waals surface area contributed by atoms with Crippen molar-refractivity contribution in [1.29, 1.82) is 5.41 Å². The highest BCUT2D eigenvalue weighted by Crippen LogP contribution is 2.36. The molecule has 2 aromatic carbocycles. The summed E-state index contributed by atoms with van der Waals surface area (Å²) in [6, 6.07) is 13.5. The summed E-state index contributed by atoms with van der Waals surface area (Å²) in [5.74, 6) is -0.566. The molecule has 0 saturated carbocycles. The number of thioether (sulfide) groups is 1. The molecule has 3 aromatic rings. The number of halogens is 1. The van der Waals surface area contributed by atoms with Gasteiger partial charge in [0.25, 0.3) is 5.91 Å². The van der Waals surface area contributed by atoms with Crippen molar-refractivity contribution in [2.75, 3.05) is 4.90 Å². The molecule has 0 radical (unpaired) electrons. The predicted molar refractivity (Wildman–Crippen MR) is 106 cm³/mol. The Hall–Kier alpha value is -3.19. The van der Waals surface area contributed by atoms with Crippen LogP contribution in [0.5, 0.6) is 0 Å². The third-order valence-electron chi connectivity index (χ3n) is 4.17. The van der Waals surface area contributed by atoms with E-state index in [4.69, 9.17) is 5.41 Å². The molecule has 0 aliphatic carbocycles. The van der Waals surface area contributed by atoms with Gasteiger partial charge in [-0.25, -0.2) is 4.39 Å². The molecule has 134 valence electrons. The van der Waals surface area contributed by atoms with Crippen LogP contribution in [0.25, 0.3) is 17.3 Å². The maximum atomic E-state index is 13.2. The van der Waals surface area contributed by atoms with E-state index in [2.05, 4.69) is 10.2 Å². The molecule has 1 aromatic heterocycles. The number of anilines is 1. The Labute approximate surface area is 159 Å². The van der Waals surface area contributed by atoms with Gasteiger partial charge in [0.15, 0.2) is 5.17 Å². The van der Waals surface area contributed by atoms with E-state index < -0.39 is 0 Å². The predicted octanol–water partition coefficient (Wildman–Crippen LogP) is 4.58. The molecule has 0 spiro atoms. The van der Waals surface area contributed by atoms with E-state index in [1.807, 2.05) is 31.2 Å². The zero-order valence-electron chi connectivity index (χ0n) is 14.4. The number of nitrogens with zero attached hydrogens (tertiary/aromatic N) is 2. The van der Waals surface area contributed by atoms with Crippen LogP contribution in [-0.4, -0.2) is 21.3 Å². The van der Waals surface area contributed by atoms with Crippen molar-refractivity contribution in [1.82, 2.24) is 10.2 Å². The Morgan fingerprint density at radius 1 is 1.22 bits per heavy atom. The molecule has 1 aliphatic heterocycles. The molecule has 1 saturated heterocycles. The maximum absolute atomic E-state index is 13.2. The SMILES string of the molecule is Cc1cccc(N2C(=N)S/C(=C\c3cn[nH]c3-c3ccc(F)cc3)C2=O)c1. The Kier molecular flexibility index (Phi) is 4.37. The second kappa shape index (κ2) is 6.85. The summed E-state index contributed by atoms with van der Waals surface area (Å²) >= 11 is 1.11. The zero-order valence-corrected chi connectivity index (χ0v) is 15.2. The van der Waals surface area contributed by atoms with Crippen LogP contribution < -0.4 is 4.90 Å². The molecule has 0 bridgehead atoms. The molecule has 1 amide bonds. The number of rotatable bonds is 3. The monoisotopic (exact) mass is 378 g/mol. The van der Waals surface area contributed by atoms with Gasteiger partial charge in [-0.05, 0) is 66.7 Å². The summed E-state index contributed by atoms with van der Waals surface area (Å²) in [7, 11) is 0. The van der Waals surface area contributed by atoms with E-state index >= 15 is 0 Å². The Balaban J connectivity index is 1.68. The van der Waals surface area contributed by atoms with Gasteiger partial charge in [0.2, 0.25) is 0 Å². The van der Waals surface area contributed by atoms with Gasteiger partial charge in [-0.2, -0.15) is 5.10 Å². The Morgan fingerprint density at radius 2 is 2.00 bits per heavy atom. The van der Waals surface area contributed by atoms with Gasteiger partial charge in [-0.15, -0.1) is 0 Å². The van der Waals surface area contributed by atoms with Crippen molar-refractivity contribution in [3.05, 3.63) is 76.6 Å². The number of amides is 1. The molecule has 0 unspecified atom stereocenters. The highest BCUT2D eigenvalue weighted by Gasteiger charge is 2.33. The average Bonchev–Trinajstić information content (AvgIpc) is 3.20. The number of aromatic amines is 1. The number of nitrogens with one attached hydrogen (secondary N) is 2. The van der Waals surface area contributed by atoms with Gasteiger partial charge in [0.05, 0.1) is 22.5 Å². The number of benzene rings is 2. The fourth-order valence-corrected chi connectivity index (χ4v) is 3.73. The van der Waals surface area contributed by atoms with Crippen LogP contribution in [0.2, 0.25) is 0 Å². The van der Waals surface area contributed by atoms with Crippen LogP contribution >= 0.6 is 11.8 Å². The van der Waals surface area contributed by atoms with Crippen LogP contribution in [0.4, 0.5) is 10.1 Å². The first-order valence-electron chi connectivity index (χ1n) is 8.21. The molecule has 4 rings (SSSR count). The highest BCUT2D eigenvalue weighted by molar-refractivity contribution is 8.19. The Bertz CT molecular complexity index is 1070. The molecule has 27 heavy (non-hydrogen) atoms. The lowest BCUT2D eigenvalue weighted by atomic mass is 10.1. The first kappa shape index (κ1) is 17.2. The van der Waals surface area contributed by atoms with Crippen LogP contribution in [-0.2, 0) is 4.79 Å². The topological polar surface area (TPSA) is 72.8 Å². The second-order valence-corrected chi connectivity index (χ2v) is 7.13. The van der Waals surface area contributed by atoms with Crippen molar-refractivity contribution < 1.29 is 9.18 Å². The number of aryl methyl sites for hydroxylation is 1. The van der Waals surface area contributed by atoms with Crippen molar-refractivity contribution in [3.8, 4) is 11.3 Å². The van der Waals surface area contributed by atoms with E-state index in [9.17, 15) is 9.18 Å². The molecule has 7 heteroatoms. The summed E-state index contributed by atoms with van der Waals surface area (Å²) in [5.41, 5.74) is 3.85. The minimum atomic E-state index is -0.318. The molecule has 2 N–H and O–H groups in total. The van der Waals surface area contributed by atoms with E-state index in [0.29, 0.717) is 21.8 Å². The van der Waals surface area contributed by atoms with Gasteiger partial charge in [-0.3, -0.25) is 20.2 Å². The van der Waals surface area contributed by atoms with Crippen molar-refractivity contribution in [2.24, 2.45) is 0 Å². The Morgan fingerprint density at radius 3 is 2.74 bits per heavy atom. The quantitative estimate of drug-likeness (QED) is 0.655. The fraction of sp³-hybridized carbons (Fsp3) is 0.0500. The highest BCUT2D eigenvalue weighted by atomic mass is 32.2. The number of amidine groups is 1. The van der Waals surface area contributed by atoms with Gasteiger partial charge in [0.1, 0.15) is 5.82 Å². The third-order valence-corrected chi connectivity index (χ3v) is 5.06. The number of carbonyl (C=O) groups excluding carboxylic acids is 1. The maximum Gasteiger partial charge on any atom is 0.271 e. The lowest BCUT2D eigenvalue weighted by molar-refractivity contribution is -0.113. The normalized spacial score (nSPS) is 15.8. The summed E-state index contributed by atoms with van der Waals surface area (Å²) < 4.78 is 13.2. The van der Waals surface area contributed by atoms with E-state index in [-0.39, 0.29) is 16.9 Å². The summed E-state index contributed by atoms with van der Waals surface area (Å²) in [6.07, 6.45) is 3.32. The average molecular weight is 378 g/mol. The van der Waals surface area contributed by atoms with Crippen LogP contribution in [0.1, 0.15) is 11.1 Å². The van der Waals surface area contributed by atoms with Gasteiger partial charge < -0.3 is 0 Å². The standard InChI is InChI=1S/C20H15FN4OS/c1-12-3-2-4-16(9-12)25-19(26)17(27-20(25)22)10-14-11-23-24-18(14)13-5-7-15(21)8-6-13/h2-11,22H,1H3,(H,23,24)/b17-10-,22-20?. The summed E-state index contributed by atoms with van der Waals surface area (Å²) in [6.45, 7) is 1.94. The number of carbonyl (C=O) groups is 1. The van der Waals surface area contributed by atoms with Crippen LogP contribution in [0.15, 0.2) is 59.6 Å². The second-order valence-electron chi connectivity index (χ2n) is 6.10. The van der Waals surface area contributed by atoms with E-state index in [0.717, 1.165) is 22.9 Å². The minimum absolute atomic E-state index is 0.156. The third kappa shape index (κ3) is 3.29. The minimum Gasteiger partial charge on any atom is -0.278 e. The molecular weight excluding hydrogens is 363 g/mol. The van der Waals surface area contributed by atoms with Crippen molar-refractivity contribution in [2.45, 2.75) is 6.92 Å². The summed E-state index contributed by atoms with van der Waals surface area (Å²) in [4.78, 5) is 14.7. The number of aromatic nitrogens is 2. The first-order valence-corrected chi connectivity index (χ1v) is 9.03. The lowest BCUT2D eigenvalue weighted by Crippen LogP contribution is -2.28. The van der Waals surface area contributed by atoms with Crippen LogP contribution in [0, 0.1) is 18.2 Å². The largest absolute Gasteiger partial charge is 0.278 e. The summed E-state index contributed by atoms with van der Waals surface area (Å²) in [5, 5.41) is 15.3. The van der Waals surface area contributed by atoms with E-state index in [1.165, 1.54) is 17.0 Å². The van der Waals surface area contributed by atoms with Crippen molar-refractivity contribution in [3.63, 3.8) is 0 Å². The fourth-order valence-electron chi connectivity index (χ4n) is 2.88.